The first-order valence-electron chi connectivity index (χ1n) is 6.83. The monoisotopic (exact) mass is 379 g/mol. The summed E-state index contributed by atoms with van der Waals surface area (Å²) < 4.78 is 34.6. The van der Waals surface area contributed by atoms with Crippen molar-refractivity contribution in [3.63, 3.8) is 0 Å². The van der Waals surface area contributed by atoms with Gasteiger partial charge < -0.3 is 14.8 Å². The third-order valence-corrected chi connectivity index (χ3v) is 5.21. The summed E-state index contributed by atoms with van der Waals surface area (Å²) in [4.78, 5) is 0. The van der Waals surface area contributed by atoms with E-state index in [4.69, 9.17) is 9.47 Å². The molecule has 0 aliphatic carbocycles. The van der Waals surface area contributed by atoms with Crippen molar-refractivity contribution < 1.29 is 17.9 Å². The highest BCUT2D eigenvalue weighted by atomic mass is 79.9. The third kappa shape index (κ3) is 5.84. The lowest BCUT2D eigenvalue weighted by Crippen LogP contribution is -2.16. The molecule has 0 bridgehead atoms. The molecule has 0 radical (unpaired) electrons. The third-order valence-electron chi connectivity index (χ3n) is 2.95. The van der Waals surface area contributed by atoms with Gasteiger partial charge in [-0.05, 0) is 40.2 Å². The van der Waals surface area contributed by atoms with Gasteiger partial charge in [-0.1, -0.05) is 13.8 Å². The first kappa shape index (κ1) is 18.3. The summed E-state index contributed by atoms with van der Waals surface area (Å²) in [7, 11) is -1.47. The Kier molecular flexibility index (Phi) is 7.48. The van der Waals surface area contributed by atoms with Crippen LogP contribution in [0.1, 0.15) is 19.4 Å². The van der Waals surface area contributed by atoms with Gasteiger partial charge in [0.15, 0.2) is 21.3 Å². The fourth-order valence-corrected chi connectivity index (χ4v) is 2.93. The van der Waals surface area contributed by atoms with Crippen molar-refractivity contribution in [2.45, 2.75) is 20.4 Å². The SMILES string of the molecule is CCNCc1cc(Br)c(OCCS(=O)(=O)CC)c(OC)c1. The maximum atomic E-state index is 11.5. The molecule has 0 aliphatic rings. The molecule has 0 fully saturated rings. The van der Waals surface area contributed by atoms with Crippen molar-refractivity contribution in [1.82, 2.24) is 5.32 Å². The Labute approximate surface area is 135 Å². The molecule has 0 aromatic heterocycles. The number of ether oxygens (including phenoxy) is 2. The van der Waals surface area contributed by atoms with Crippen molar-refractivity contribution in [3.05, 3.63) is 22.2 Å². The summed E-state index contributed by atoms with van der Waals surface area (Å²) in [6.45, 7) is 5.39. The fraction of sp³-hybridized carbons (Fsp3) is 0.571. The Bertz CT molecular complexity index is 560. The highest BCUT2D eigenvalue weighted by molar-refractivity contribution is 9.10. The van der Waals surface area contributed by atoms with Gasteiger partial charge in [0.2, 0.25) is 0 Å². The molecule has 1 N–H and O–H groups in total. The zero-order chi connectivity index (χ0) is 15.9. The van der Waals surface area contributed by atoms with E-state index in [0.717, 1.165) is 23.1 Å². The lowest BCUT2D eigenvalue weighted by molar-refractivity contribution is 0.309. The van der Waals surface area contributed by atoms with E-state index in [2.05, 4.69) is 21.2 Å². The summed E-state index contributed by atoms with van der Waals surface area (Å²) >= 11 is 3.45. The molecular formula is C14H22BrNO4S. The van der Waals surface area contributed by atoms with E-state index in [9.17, 15) is 8.42 Å². The van der Waals surface area contributed by atoms with Gasteiger partial charge in [-0.15, -0.1) is 0 Å². The minimum absolute atomic E-state index is 0.00175. The summed E-state index contributed by atoms with van der Waals surface area (Å²) in [5.41, 5.74) is 1.06. The topological polar surface area (TPSA) is 64.6 Å². The van der Waals surface area contributed by atoms with Gasteiger partial charge in [-0.2, -0.15) is 0 Å². The maximum Gasteiger partial charge on any atom is 0.175 e. The summed E-state index contributed by atoms with van der Waals surface area (Å²) in [6.07, 6.45) is 0. The van der Waals surface area contributed by atoms with Crippen LogP contribution in [0.15, 0.2) is 16.6 Å². The van der Waals surface area contributed by atoms with Gasteiger partial charge in [-0.25, -0.2) is 8.42 Å². The van der Waals surface area contributed by atoms with Crippen LogP contribution in [0.4, 0.5) is 0 Å². The molecule has 1 aromatic carbocycles. The molecule has 0 aliphatic heterocycles. The number of sulfone groups is 1. The van der Waals surface area contributed by atoms with E-state index >= 15 is 0 Å². The van der Waals surface area contributed by atoms with Crippen molar-refractivity contribution in [3.8, 4) is 11.5 Å². The van der Waals surface area contributed by atoms with Crippen LogP contribution in [0.25, 0.3) is 0 Å². The molecular weight excluding hydrogens is 358 g/mol. The van der Waals surface area contributed by atoms with Crippen LogP contribution in [-0.4, -0.2) is 40.2 Å². The lowest BCUT2D eigenvalue weighted by Gasteiger charge is -2.14. The predicted molar refractivity (Wildman–Crippen MR) is 87.9 cm³/mol. The molecule has 0 heterocycles. The van der Waals surface area contributed by atoms with Gasteiger partial charge >= 0.3 is 0 Å². The summed E-state index contributed by atoms with van der Waals surface area (Å²) in [5.74, 6) is 1.24. The number of rotatable bonds is 9. The predicted octanol–water partition coefficient (Wildman–Crippen LogP) is 2.38. The second-order valence-corrected chi connectivity index (χ2v) is 7.80. The molecule has 0 amide bonds. The van der Waals surface area contributed by atoms with Crippen LogP contribution in [0.5, 0.6) is 11.5 Å². The molecule has 21 heavy (non-hydrogen) atoms. The van der Waals surface area contributed by atoms with E-state index in [1.54, 1.807) is 14.0 Å². The molecule has 1 rings (SSSR count). The minimum Gasteiger partial charge on any atom is -0.493 e. The Morgan fingerprint density at radius 2 is 2.00 bits per heavy atom. The zero-order valence-electron chi connectivity index (χ0n) is 12.6. The van der Waals surface area contributed by atoms with Gasteiger partial charge in [0.1, 0.15) is 6.61 Å². The van der Waals surface area contributed by atoms with Crippen LogP contribution < -0.4 is 14.8 Å². The Morgan fingerprint density at radius 1 is 1.29 bits per heavy atom. The van der Waals surface area contributed by atoms with Gasteiger partial charge in [0, 0.05) is 12.3 Å². The van der Waals surface area contributed by atoms with Gasteiger partial charge in [0.05, 0.1) is 17.3 Å². The minimum atomic E-state index is -3.03. The first-order chi connectivity index (χ1) is 9.93. The molecule has 7 heteroatoms. The van der Waals surface area contributed by atoms with Crippen molar-refractivity contribution in [1.29, 1.82) is 0 Å². The number of nitrogens with one attached hydrogen (secondary N) is 1. The lowest BCUT2D eigenvalue weighted by atomic mass is 10.2. The zero-order valence-corrected chi connectivity index (χ0v) is 15.0. The van der Waals surface area contributed by atoms with E-state index in [1.807, 2.05) is 19.1 Å². The van der Waals surface area contributed by atoms with Crippen molar-refractivity contribution in [2.75, 3.05) is 31.8 Å². The van der Waals surface area contributed by atoms with Gasteiger partial charge in [0.25, 0.3) is 0 Å². The highest BCUT2D eigenvalue weighted by Gasteiger charge is 2.14. The molecule has 120 valence electrons. The molecule has 0 saturated heterocycles. The largest absolute Gasteiger partial charge is 0.493 e. The van der Waals surface area contributed by atoms with E-state index in [0.29, 0.717) is 11.5 Å². The fourth-order valence-electron chi connectivity index (χ4n) is 1.70. The number of halogens is 1. The van der Waals surface area contributed by atoms with E-state index in [1.165, 1.54) is 0 Å². The van der Waals surface area contributed by atoms with Crippen molar-refractivity contribution in [2.24, 2.45) is 0 Å². The average Bonchev–Trinajstić information content (AvgIpc) is 2.46. The van der Waals surface area contributed by atoms with Crippen LogP contribution in [0, 0.1) is 0 Å². The van der Waals surface area contributed by atoms with E-state index in [-0.39, 0.29) is 18.1 Å². The van der Waals surface area contributed by atoms with Crippen LogP contribution in [-0.2, 0) is 16.4 Å². The second kappa shape index (κ2) is 8.60. The van der Waals surface area contributed by atoms with Crippen LogP contribution >= 0.6 is 15.9 Å². The number of hydrogen-bond donors (Lipinski definition) is 1. The molecule has 1 aromatic rings. The molecule has 0 unspecified atom stereocenters. The average molecular weight is 380 g/mol. The first-order valence-corrected chi connectivity index (χ1v) is 9.45. The normalized spacial score (nSPS) is 11.4. The van der Waals surface area contributed by atoms with Crippen molar-refractivity contribution >= 4 is 25.8 Å². The summed E-state index contributed by atoms with van der Waals surface area (Å²) in [5, 5.41) is 3.24. The quantitative estimate of drug-likeness (QED) is 0.713. The molecule has 0 saturated carbocycles. The number of hydrogen-bond acceptors (Lipinski definition) is 5. The number of methoxy groups -OCH3 is 1. The maximum absolute atomic E-state index is 11.5. The Morgan fingerprint density at radius 3 is 2.57 bits per heavy atom. The van der Waals surface area contributed by atoms with Crippen LogP contribution in [0.2, 0.25) is 0 Å². The molecule has 0 atom stereocenters. The summed E-state index contributed by atoms with van der Waals surface area (Å²) in [6, 6.07) is 3.83. The van der Waals surface area contributed by atoms with Crippen LogP contribution in [0.3, 0.4) is 0 Å². The standard InChI is InChI=1S/C14H22BrNO4S/c1-4-16-10-11-8-12(15)14(13(9-11)19-3)20-6-7-21(17,18)5-2/h8-9,16H,4-7,10H2,1-3H3. The highest BCUT2D eigenvalue weighted by Crippen LogP contribution is 2.36. The van der Waals surface area contributed by atoms with E-state index < -0.39 is 9.84 Å². The molecule has 0 spiro atoms. The molecule has 5 nitrogen and oxygen atoms in total. The smallest absolute Gasteiger partial charge is 0.175 e. The Balaban J connectivity index is 2.82. The Hall–Kier alpha value is -0.790. The second-order valence-electron chi connectivity index (χ2n) is 4.47. The van der Waals surface area contributed by atoms with Gasteiger partial charge in [-0.3, -0.25) is 0 Å². The number of benzene rings is 1.